The van der Waals surface area contributed by atoms with Gasteiger partial charge in [0.2, 0.25) is 5.91 Å². The van der Waals surface area contributed by atoms with Crippen LogP contribution in [0.2, 0.25) is 0 Å². The molecule has 0 aliphatic heterocycles. The first kappa shape index (κ1) is 14.9. The molecule has 1 rings (SSSR count). The number of amides is 2. The van der Waals surface area contributed by atoms with Crippen LogP contribution in [-0.2, 0) is 4.79 Å². The number of nitrogens with zero attached hydrogens (tertiary/aromatic N) is 3. The number of carbonyl (C=O) groups is 2. The minimum atomic E-state index is -0.398. The predicted octanol–water partition coefficient (Wildman–Crippen LogP) is 0.115. The standard InChI is InChI=1S/C12H19N5O2/c1-5-17(4)12(19)8(2)14-10-7-6-9(15-16-10)11(18)13-3/h6-8H,5H2,1-4H3,(H,13,18)(H,14,16). The highest BCUT2D eigenvalue weighted by molar-refractivity contribution is 5.92. The van der Waals surface area contributed by atoms with E-state index in [1.807, 2.05) is 6.92 Å². The van der Waals surface area contributed by atoms with Gasteiger partial charge in [0.25, 0.3) is 5.91 Å². The Morgan fingerprint density at radius 3 is 2.53 bits per heavy atom. The molecule has 0 aliphatic rings. The Bertz CT molecular complexity index is 446. The fourth-order valence-electron chi connectivity index (χ4n) is 1.43. The lowest BCUT2D eigenvalue weighted by Gasteiger charge is -2.20. The van der Waals surface area contributed by atoms with Crippen LogP contribution >= 0.6 is 0 Å². The zero-order valence-corrected chi connectivity index (χ0v) is 11.6. The first-order valence-electron chi connectivity index (χ1n) is 6.07. The second-order valence-electron chi connectivity index (χ2n) is 4.10. The molecule has 1 atom stereocenters. The number of nitrogens with one attached hydrogen (secondary N) is 2. The van der Waals surface area contributed by atoms with E-state index in [0.29, 0.717) is 12.4 Å². The molecule has 19 heavy (non-hydrogen) atoms. The van der Waals surface area contributed by atoms with Gasteiger partial charge in [0.15, 0.2) is 5.69 Å². The Morgan fingerprint density at radius 2 is 2.05 bits per heavy atom. The zero-order chi connectivity index (χ0) is 14.4. The minimum Gasteiger partial charge on any atom is -0.357 e. The van der Waals surface area contributed by atoms with E-state index in [-0.39, 0.29) is 17.5 Å². The van der Waals surface area contributed by atoms with Gasteiger partial charge in [-0.05, 0) is 26.0 Å². The Hall–Kier alpha value is -2.18. The van der Waals surface area contributed by atoms with Crippen molar-refractivity contribution < 1.29 is 9.59 Å². The summed E-state index contributed by atoms with van der Waals surface area (Å²) in [6.07, 6.45) is 0. The highest BCUT2D eigenvalue weighted by Crippen LogP contribution is 2.05. The summed E-state index contributed by atoms with van der Waals surface area (Å²) in [4.78, 5) is 24.8. The minimum absolute atomic E-state index is 0.0281. The van der Waals surface area contributed by atoms with Crippen molar-refractivity contribution in [3.05, 3.63) is 17.8 Å². The average Bonchev–Trinajstić information content (AvgIpc) is 2.45. The SMILES string of the molecule is CCN(C)C(=O)C(C)Nc1ccc(C(=O)NC)nn1. The largest absolute Gasteiger partial charge is 0.357 e. The van der Waals surface area contributed by atoms with E-state index < -0.39 is 6.04 Å². The van der Waals surface area contributed by atoms with E-state index in [1.165, 1.54) is 7.05 Å². The van der Waals surface area contributed by atoms with Gasteiger partial charge in [0.1, 0.15) is 11.9 Å². The van der Waals surface area contributed by atoms with Gasteiger partial charge in [0, 0.05) is 20.6 Å². The first-order valence-corrected chi connectivity index (χ1v) is 6.07. The van der Waals surface area contributed by atoms with Crippen molar-refractivity contribution in [3.63, 3.8) is 0 Å². The number of rotatable bonds is 5. The molecule has 0 spiro atoms. The van der Waals surface area contributed by atoms with Crippen molar-refractivity contribution in [2.45, 2.75) is 19.9 Å². The maximum atomic E-state index is 11.9. The molecule has 1 aromatic rings. The summed E-state index contributed by atoms with van der Waals surface area (Å²) < 4.78 is 0. The smallest absolute Gasteiger partial charge is 0.271 e. The highest BCUT2D eigenvalue weighted by atomic mass is 16.2. The second-order valence-corrected chi connectivity index (χ2v) is 4.10. The van der Waals surface area contributed by atoms with Crippen LogP contribution in [0.15, 0.2) is 12.1 Å². The Labute approximate surface area is 112 Å². The van der Waals surface area contributed by atoms with Crippen molar-refractivity contribution in [3.8, 4) is 0 Å². The van der Waals surface area contributed by atoms with Crippen LogP contribution in [0.3, 0.4) is 0 Å². The molecule has 0 saturated heterocycles. The number of carbonyl (C=O) groups excluding carboxylic acids is 2. The lowest BCUT2D eigenvalue weighted by Crippen LogP contribution is -2.39. The molecule has 2 amide bonds. The Kier molecular flexibility index (Phi) is 5.23. The molecule has 0 bridgehead atoms. The molecule has 1 unspecified atom stereocenters. The molecule has 0 aliphatic carbocycles. The van der Waals surface area contributed by atoms with Crippen molar-refractivity contribution in [2.24, 2.45) is 0 Å². The number of hydrogen-bond donors (Lipinski definition) is 2. The molecule has 7 heteroatoms. The zero-order valence-electron chi connectivity index (χ0n) is 11.6. The van der Waals surface area contributed by atoms with Crippen LogP contribution in [0.4, 0.5) is 5.82 Å². The van der Waals surface area contributed by atoms with Gasteiger partial charge in [0.05, 0.1) is 0 Å². The summed E-state index contributed by atoms with van der Waals surface area (Å²) in [6.45, 7) is 4.30. The maximum Gasteiger partial charge on any atom is 0.271 e. The molecular weight excluding hydrogens is 246 g/mol. The molecule has 0 radical (unpaired) electrons. The third-order valence-electron chi connectivity index (χ3n) is 2.71. The van der Waals surface area contributed by atoms with E-state index in [4.69, 9.17) is 0 Å². The molecule has 0 saturated carbocycles. The molecule has 1 aromatic heterocycles. The maximum absolute atomic E-state index is 11.9. The van der Waals surface area contributed by atoms with Crippen molar-refractivity contribution >= 4 is 17.6 Å². The van der Waals surface area contributed by atoms with Crippen molar-refractivity contribution in [1.29, 1.82) is 0 Å². The average molecular weight is 265 g/mol. The third kappa shape index (κ3) is 3.90. The normalized spacial score (nSPS) is 11.6. The highest BCUT2D eigenvalue weighted by Gasteiger charge is 2.16. The summed E-state index contributed by atoms with van der Waals surface area (Å²) in [5.74, 6) is 0.131. The molecule has 2 N–H and O–H groups in total. The van der Waals surface area contributed by atoms with Gasteiger partial charge in [-0.3, -0.25) is 9.59 Å². The molecular formula is C12H19N5O2. The van der Waals surface area contributed by atoms with Crippen molar-refractivity contribution in [2.75, 3.05) is 26.0 Å². The summed E-state index contributed by atoms with van der Waals surface area (Å²) in [5, 5.41) is 13.0. The quantitative estimate of drug-likeness (QED) is 0.789. The van der Waals surface area contributed by atoms with Gasteiger partial charge >= 0.3 is 0 Å². The van der Waals surface area contributed by atoms with E-state index in [9.17, 15) is 9.59 Å². The Balaban J connectivity index is 2.68. The van der Waals surface area contributed by atoms with Gasteiger partial charge < -0.3 is 15.5 Å². The number of hydrogen-bond acceptors (Lipinski definition) is 5. The van der Waals surface area contributed by atoms with Crippen LogP contribution in [0, 0.1) is 0 Å². The monoisotopic (exact) mass is 265 g/mol. The van der Waals surface area contributed by atoms with Gasteiger partial charge in [-0.25, -0.2) is 0 Å². The second kappa shape index (κ2) is 6.67. The molecule has 7 nitrogen and oxygen atoms in total. The topological polar surface area (TPSA) is 87.2 Å². The summed E-state index contributed by atoms with van der Waals surface area (Å²) in [5.41, 5.74) is 0.234. The summed E-state index contributed by atoms with van der Waals surface area (Å²) >= 11 is 0. The predicted molar refractivity (Wildman–Crippen MR) is 71.8 cm³/mol. The number of aromatic nitrogens is 2. The van der Waals surface area contributed by atoms with E-state index in [0.717, 1.165) is 0 Å². The molecule has 1 heterocycles. The fraction of sp³-hybridized carbons (Fsp3) is 0.500. The van der Waals surface area contributed by atoms with E-state index in [2.05, 4.69) is 20.8 Å². The molecule has 0 aromatic carbocycles. The van der Waals surface area contributed by atoms with E-state index >= 15 is 0 Å². The van der Waals surface area contributed by atoms with Crippen LogP contribution in [0.5, 0.6) is 0 Å². The van der Waals surface area contributed by atoms with Crippen LogP contribution in [0.25, 0.3) is 0 Å². The lowest BCUT2D eigenvalue weighted by atomic mass is 10.3. The van der Waals surface area contributed by atoms with Gasteiger partial charge in [-0.1, -0.05) is 0 Å². The summed E-state index contributed by atoms with van der Waals surface area (Å²) in [6, 6.07) is 2.77. The number of anilines is 1. The summed E-state index contributed by atoms with van der Waals surface area (Å²) in [7, 11) is 3.26. The van der Waals surface area contributed by atoms with Crippen LogP contribution < -0.4 is 10.6 Å². The third-order valence-corrected chi connectivity index (χ3v) is 2.71. The molecule has 0 fully saturated rings. The van der Waals surface area contributed by atoms with Crippen molar-refractivity contribution in [1.82, 2.24) is 20.4 Å². The van der Waals surface area contributed by atoms with Crippen LogP contribution in [-0.4, -0.2) is 53.6 Å². The lowest BCUT2D eigenvalue weighted by molar-refractivity contribution is -0.130. The fourth-order valence-corrected chi connectivity index (χ4v) is 1.43. The first-order chi connectivity index (χ1) is 8.99. The Morgan fingerprint density at radius 1 is 1.37 bits per heavy atom. The molecule has 104 valence electrons. The van der Waals surface area contributed by atoms with E-state index in [1.54, 1.807) is 31.0 Å². The number of likely N-dealkylation sites (N-methyl/N-ethyl adjacent to an activating group) is 1. The van der Waals surface area contributed by atoms with Gasteiger partial charge in [-0.2, -0.15) is 0 Å². The van der Waals surface area contributed by atoms with Crippen LogP contribution in [0.1, 0.15) is 24.3 Å². The van der Waals surface area contributed by atoms with Gasteiger partial charge in [-0.15, -0.1) is 10.2 Å².